The fraction of sp³-hybridized carbons (Fsp3) is 0.333. The fourth-order valence-corrected chi connectivity index (χ4v) is 3.52. The molecule has 0 saturated carbocycles. The summed E-state index contributed by atoms with van der Waals surface area (Å²) < 4.78 is 27.4. The molecule has 0 saturated heterocycles. The van der Waals surface area contributed by atoms with Gasteiger partial charge in [0.2, 0.25) is 10.0 Å². The maximum Gasteiger partial charge on any atom is 0.241 e. The molecule has 6 heteroatoms. The van der Waals surface area contributed by atoms with E-state index in [1.165, 1.54) is 0 Å². The first kappa shape index (κ1) is 17.9. The normalized spacial score (nSPS) is 12.9. The van der Waals surface area contributed by atoms with Gasteiger partial charge in [-0.2, -0.15) is 0 Å². The zero-order valence-corrected chi connectivity index (χ0v) is 13.6. The first-order valence-corrected chi connectivity index (χ1v) is 8.26. The van der Waals surface area contributed by atoms with Crippen molar-refractivity contribution >= 4 is 33.2 Å². The van der Waals surface area contributed by atoms with E-state index in [9.17, 15) is 8.42 Å². The highest BCUT2D eigenvalue weighted by atomic mass is 35.5. The van der Waals surface area contributed by atoms with Gasteiger partial charge < -0.3 is 5.73 Å². The van der Waals surface area contributed by atoms with Gasteiger partial charge in [-0.25, -0.2) is 13.1 Å². The van der Waals surface area contributed by atoms with Crippen molar-refractivity contribution in [2.45, 2.75) is 30.7 Å². The lowest BCUT2D eigenvalue weighted by Crippen LogP contribution is -2.37. The Morgan fingerprint density at radius 3 is 2.52 bits per heavy atom. The molecule has 0 aliphatic heterocycles. The molecule has 3 N–H and O–H groups in total. The summed E-state index contributed by atoms with van der Waals surface area (Å²) in [5.74, 6) is 0. The Morgan fingerprint density at radius 1 is 1.14 bits per heavy atom. The van der Waals surface area contributed by atoms with Crippen LogP contribution in [0.15, 0.2) is 47.4 Å². The summed E-state index contributed by atoms with van der Waals surface area (Å²) in [5, 5.41) is 1.64. The SMILES string of the molecule is CCCC(N)CNS(=O)(=O)c1cccc2ccccc12.Cl. The van der Waals surface area contributed by atoms with Gasteiger partial charge in [-0.3, -0.25) is 0 Å². The van der Waals surface area contributed by atoms with Crippen LogP contribution in [0.1, 0.15) is 19.8 Å². The highest BCUT2D eigenvalue weighted by Crippen LogP contribution is 2.22. The van der Waals surface area contributed by atoms with Crippen LogP contribution in [0.3, 0.4) is 0 Å². The van der Waals surface area contributed by atoms with E-state index in [0.29, 0.717) is 4.90 Å². The topological polar surface area (TPSA) is 72.2 Å². The highest BCUT2D eigenvalue weighted by molar-refractivity contribution is 7.89. The number of benzene rings is 2. The van der Waals surface area contributed by atoms with Crippen molar-refractivity contribution in [2.75, 3.05) is 6.54 Å². The van der Waals surface area contributed by atoms with E-state index in [1.54, 1.807) is 12.1 Å². The highest BCUT2D eigenvalue weighted by Gasteiger charge is 2.17. The Balaban J connectivity index is 0.00000220. The van der Waals surface area contributed by atoms with E-state index in [-0.39, 0.29) is 25.0 Å². The van der Waals surface area contributed by atoms with Crippen LogP contribution < -0.4 is 10.5 Å². The summed E-state index contributed by atoms with van der Waals surface area (Å²) >= 11 is 0. The van der Waals surface area contributed by atoms with Crippen LogP contribution >= 0.6 is 12.4 Å². The minimum atomic E-state index is -3.53. The number of hydrogen-bond donors (Lipinski definition) is 2. The Hall–Kier alpha value is -1.14. The summed E-state index contributed by atoms with van der Waals surface area (Å²) in [7, 11) is -3.53. The smallest absolute Gasteiger partial charge is 0.241 e. The molecule has 0 spiro atoms. The van der Waals surface area contributed by atoms with Gasteiger partial charge in [0.15, 0.2) is 0 Å². The van der Waals surface area contributed by atoms with Gasteiger partial charge in [0, 0.05) is 18.0 Å². The van der Waals surface area contributed by atoms with Gasteiger partial charge in [-0.15, -0.1) is 12.4 Å². The minimum Gasteiger partial charge on any atom is -0.327 e. The molecular formula is C15H21ClN2O2S. The third kappa shape index (κ3) is 4.41. The lowest BCUT2D eigenvalue weighted by atomic mass is 10.1. The molecule has 0 aromatic heterocycles. The zero-order chi connectivity index (χ0) is 14.6. The largest absolute Gasteiger partial charge is 0.327 e. The van der Waals surface area contributed by atoms with Crippen LogP contribution in [0.2, 0.25) is 0 Å². The monoisotopic (exact) mass is 328 g/mol. The fourth-order valence-electron chi connectivity index (χ4n) is 2.20. The number of nitrogens with one attached hydrogen (secondary N) is 1. The maximum atomic E-state index is 12.4. The average Bonchev–Trinajstić information content (AvgIpc) is 2.45. The Kier molecular flexibility index (Phi) is 6.61. The lowest BCUT2D eigenvalue weighted by Gasteiger charge is -2.13. The van der Waals surface area contributed by atoms with Crippen molar-refractivity contribution in [1.29, 1.82) is 0 Å². The van der Waals surface area contributed by atoms with Crippen LogP contribution in [-0.2, 0) is 10.0 Å². The van der Waals surface area contributed by atoms with E-state index in [1.807, 2.05) is 37.3 Å². The molecule has 116 valence electrons. The first-order valence-electron chi connectivity index (χ1n) is 6.77. The Labute approximate surface area is 132 Å². The standard InChI is InChI=1S/C15H20N2O2S.ClH/c1-2-6-13(16)11-17-20(18,19)15-10-5-8-12-7-3-4-9-14(12)15;/h3-5,7-10,13,17H,2,6,11,16H2,1H3;1H. The molecule has 1 atom stereocenters. The van der Waals surface area contributed by atoms with Crippen molar-refractivity contribution in [3.8, 4) is 0 Å². The minimum absolute atomic E-state index is 0. The quantitative estimate of drug-likeness (QED) is 0.856. The lowest BCUT2D eigenvalue weighted by molar-refractivity contribution is 0.553. The molecule has 0 fully saturated rings. The van der Waals surface area contributed by atoms with Crippen molar-refractivity contribution in [3.05, 3.63) is 42.5 Å². The van der Waals surface area contributed by atoms with Gasteiger partial charge in [-0.05, 0) is 17.9 Å². The summed E-state index contributed by atoms with van der Waals surface area (Å²) in [6.07, 6.45) is 1.75. The molecule has 1 unspecified atom stereocenters. The van der Waals surface area contributed by atoms with Crippen molar-refractivity contribution in [1.82, 2.24) is 4.72 Å². The van der Waals surface area contributed by atoms with Crippen LogP contribution in [0.4, 0.5) is 0 Å². The summed E-state index contributed by atoms with van der Waals surface area (Å²) in [4.78, 5) is 0.305. The van der Waals surface area contributed by atoms with Crippen LogP contribution in [0.5, 0.6) is 0 Å². The number of nitrogens with two attached hydrogens (primary N) is 1. The summed E-state index contributed by atoms with van der Waals surface area (Å²) in [6.45, 7) is 2.29. The number of sulfonamides is 1. The molecule has 2 aromatic carbocycles. The molecule has 2 rings (SSSR count). The predicted octanol–water partition coefficient (Wildman–Crippen LogP) is 2.67. The Bertz CT molecular complexity index is 684. The van der Waals surface area contributed by atoms with E-state index in [4.69, 9.17) is 5.73 Å². The molecule has 21 heavy (non-hydrogen) atoms. The number of hydrogen-bond acceptors (Lipinski definition) is 3. The molecular weight excluding hydrogens is 308 g/mol. The van der Waals surface area contributed by atoms with Gasteiger partial charge in [-0.1, -0.05) is 49.7 Å². The van der Waals surface area contributed by atoms with E-state index in [0.717, 1.165) is 23.6 Å². The predicted molar refractivity (Wildman–Crippen MR) is 89.3 cm³/mol. The molecule has 0 heterocycles. The van der Waals surface area contributed by atoms with Crippen LogP contribution in [-0.4, -0.2) is 21.0 Å². The number of halogens is 1. The molecule has 0 radical (unpaired) electrons. The number of rotatable bonds is 6. The van der Waals surface area contributed by atoms with Crippen molar-refractivity contribution in [3.63, 3.8) is 0 Å². The molecule has 0 amide bonds. The third-order valence-corrected chi connectivity index (χ3v) is 4.72. The van der Waals surface area contributed by atoms with Crippen molar-refractivity contribution in [2.24, 2.45) is 5.73 Å². The van der Waals surface area contributed by atoms with Gasteiger partial charge >= 0.3 is 0 Å². The second-order valence-corrected chi connectivity index (χ2v) is 6.61. The molecule has 0 aliphatic rings. The molecule has 0 aliphatic carbocycles. The van der Waals surface area contributed by atoms with Gasteiger partial charge in [0.1, 0.15) is 0 Å². The van der Waals surface area contributed by atoms with Gasteiger partial charge in [0.25, 0.3) is 0 Å². The number of fused-ring (bicyclic) bond motifs is 1. The second kappa shape index (κ2) is 7.75. The van der Waals surface area contributed by atoms with Crippen molar-refractivity contribution < 1.29 is 8.42 Å². The van der Waals surface area contributed by atoms with Gasteiger partial charge in [0.05, 0.1) is 4.90 Å². The summed E-state index contributed by atoms with van der Waals surface area (Å²) in [5.41, 5.74) is 5.86. The van der Waals surface area contributed by atoms with Crippen LogP contribution in [0.25, 0.3) is 10.8 Å². The van der Waals surface area contributed by atoms with E-state index >= 15 is 0 Å². The molecule has 4 nitrogen and oxygen atoms in total. The van der Waals surface area contributed by atoms with E-state index in [2.05, 4.69) is 4.72 Å². The third-order valence-electron chi connectivity index (χ3n) is 3.23. The molecule has 0 bridgehead atoms. The maximum absolute atomic E-state index is 12.4. The second-order valence-electron chi connectivity index (χ2n) is 4.88. The molecule has 2 aromatic rings. The first-order chi connectivity index (χ1) is 9.54. The zero-order valence-electron chi connectivity index (χ0n) is 12.0. The van der Waals surface area contributed by atoms with E-state index < -0.39 is 10.0 Å². The van der Waals surface area contributed by atoms with Crippen LogP contribution in [0, 0.1) is 0 Å². The average molecular weight is 329 g/mol. The summed E-state index contributed by atoms with van der Waals surface area (Å²) in [6, 6.07) is 12.6. The Morgan fingerprint density at radius 2 is 1.81 bits per heavy atom.